The number of nitrogens with zero attached hydrogens (tertiary/aromatic N) is 4. The van der Waals surface area contributed by atoms with E-state index in [2.05, 4.69) is 25.6 Å². The zero-order valence-corrected chi connectivity index (χ0v) is 20.2. The number of rotatable bonds is 15. The van der Waals surface area contributed by atoms with Crippen molar-refractivity contribution >= 4 is 58.6 Å². The highest BCUT2D eigenvalue weighted by molar-refractivity contribution is 5.97. The number of hydrogen-bond donors (Lipinski definition) is 8. The van der Waals surface area contributed by atoms with E-state index in [4.69, 9.17) is 15.3 Å². The number of aromatic nitrogens is 4. The number of carbonyl (C=O) groups is 7. The summed E-state index contributed by atoms with van der Waals surface area (Å²) in [6, 6.07) is -5.67. The Hall–Kier alpha value is -5.36. The Morgan fingerprint density at radius 3 is 1.79 bits per heavy atom. The van der Waals surface area contributed by atoms with Gasteiger partial charge in [0.2, 0.25) is 17.7 Å². The molecule has 2 rings (SSSR count). The number of fused-ring (bicyclic) bond motifs is 1. The lowest BCUT2D eigenvalue weighted by atomic mass is 10.1. The quantitative estimate of drug-likeness (QED) is 0.108. The molecule has 3 amide bonds. The summed E-state index contributed by atoms with van der Waals surface area (Å²) >= 11 is 0. The molecule has 8 N–H and O–H groups in total. The zero-order chi connectivity index (χ0) is 29.3. The maximum atomic E-state index is 12.8. The van der Waals surface area contributed by atoms with E-state index in [9.17, 15) is 38.7 Å². The lowest BCUT2D eigenvalue weighted by Crippen LogP contribution is -2.57. The number of carboxylic acid groups (broad SMARTS) is 4. The van der Waals surface area contributed by atoms with Crippen molar-refractivity contribution in [2.75, 3.05) is 12.4 Å². The largest absolute Gasteiger partial charge is 0.481 e. The first-order valence-corrected chi connectivity index (χ1v) is 10.9. The van der Waals surface area contributed by atoms with Crippen LogP contribution in [0.4, 0.5) is 5.82 Å². The first-order chi connectivity index (χ1) is 18.3. The summed E-state index contributed by atoms with van der Waals surface area (Å²) in [5.74, 6) is -9.56. The number of hydrogen-bond acceptors (Lipinski definition) is 11. The molecule has 0 aliphatic carbocycles. The Kier molecular flexibility index (Phi) is 10.2. The smallest absolute Gasteiger partial charge is 0.326 e. The average molecular weight is 552 g/mol. The third-order valence-corrected chi connectivity index (χ3v) is 4.99. The molecule has 210 valence electrons. The van der Waals surface area contributed by atoms with Gasteiger partial charge in [0.25, 0.3) is 0 Å². The van der Waals surface area contributed by atoms with E-state index >= 15 is 0 Å². The minimum Gasteiger partial charge on any atom is -0.481 e. The number of aliphatic carboxylic acids is 4. The highest BCUT2D eigenvalue weighted by Gasteiger charge is 2.32. The molecule has 0 saturated heterocycles. The molecular weight excluding hydrogens is 528 g/mol. The normalized spacial score (nSPS) is 12.9. The van der Waals surface area contributed by atoms with Gasteiger partial charge in [-0.15, -0.1) is 0 Å². The van der Waals surface area contributed by atoms with Crippen molar-refractivity contribution in [2.24, 2.45) is 0 Å². The fourth-order valence-electron chi connectivity index (χ4n) is 3.26. The van der Waals surface area contributed by atoms with Crippen LogP contribution in [0.15, 0.2) is 12.7 Å². The fraction of sp³-hybridized carbons (Fsp3) is 0.400. The van der Waals surface area contributed by atoms with Crippen LogP contribution in [0.5, 0.6) is 0 Å². The van der Waals surface area contributed by atoms with Gasteiger partial charge in [-0.1, -0.05) is 0 Å². The number of imidazole rings is 1. The van der Waals surface area contributed by atoms with E-state index in [-0.39, 0.29) is 5.65 Å². The van der Waals surface area contributed by atoms with Crippen molar-refractivity contribution in [3.05, 3.63) is 12.7 Å². The standard InChI is InChI=1S/C20H24N8O11/c1-21-16-15-17(23-6-22-16)28(7-24-15)5-11(29)25-8(2-12(30)31)18(36)26-9(3-13(32)33)19(37)27-10(20(38)39)4-14(34)35/h6-10H,2-5H2,1H3,(H,25,29)(H,26,36)(H,27,37)(H,30,31)(H,32,33)(H,34,35)(H,38,39)(H,21,22,23)/t8-,9-,10-/m0/s1. The minimum atomic E-state index is -1.95. The maximum absolute atomic E-state index is 12.8. The number of amides is 3. The van der Waals surface area contributed by atoms with Gasteiger partial charge < -0.3 is 46.3 Å². The molecule has 0 radical (unpaired) electrons. The van der Waals surface area contributed by atoms with Gasteiger partial charge in [-0.2, -0.15) is 0 Å². The first-order valence-electron chi connectivity index (χ1n) is 10.9. The Bertz CT molecular complexity index is 1290. The van der Waals surface area contributed by atoms with Crippen LogP contribution in [0.2, 0.25) is 0 Å². The summed E-state index contributed by atoms with van der Waals surface area (Å²) in [5, 5.41) is 44.9. The van der Waals surface area contributed by atoms with Crippen LogP contribution >= 0.6 is 0 Å². The van der Waals surface area contributed by atoms with Gasteiger partial charge in [0.15, 0.2) is 11.5 Å². The average Bonchev–Trinajstić information content (AvgIpc) is 3.24. The van der Waals surface area contributed by atoms with Gasteiger partial charge in [0.1, 0.15) is 36.5 Å². The van der Waals surface area contributed by atoms with E-state index in [1.807, 2.05) is 5.32 Å². The van der Waals surface area contributed by atoms with Crippen molar-refractivity contribution in [2.45, 2.75) is 43.9 Å². The molecule has 2 aromatic rings. The van der Waals surface area contributed by atoms with Crippen LogP contribution in [0.1, 0.15) is 19.3 Å². The fourth-order valence-corrected chi connectivity index (χ4v) is 3.26. The summed E-state index contributed by atoms with van der Waals surface area (Å²) < 4.78 is 1.29. The van der Waals surface area contributed by atoms with Crippen LogP contribution in [-0.2, 0) is 40.1 Å². The molecule has 0 saturated carbocycles. The second kappa shape index (κ2) is 13.3. The molecule has 0 unspecified atom stereocenters. The van der Waals surface area contributed by atoms with Crippen LogP contribution in [0, 0.1) is 0 Å². The Morgan fingerprint density at radius 1 is 0.769 bits per heavy atom. The van der Waals surface area contributed by atoms with Crippen molar-refractivity contribution < 1.29 is 54.0 Å². The number of carbonyl (C=O) groups excluding carboxylic acids is 3. The third kappa shape index (κ3) is 8.61. The maximum Gasteiger partial charge on any atom is 0.326 e. The zero-order valence-electron chi connectivity index (χ0n) is 20.2. The second-order valence-corrected chi connectivity index (χ2v) is 7.89. The van der Waals surface area contributed by atoms with Gasteiger partial charge in [-0.3, -0.25) is 28.8 Å². The van der Waals surface area contributed by atoms with E-state index in [0.29, 0.717) is 11.3 Å². The van der Waals surface area contributed by atoms with E-state index < -0.39 is 85.5 Å². The number of anilines is 1. The Labute approximate surface area is 217 Å². The van der Waals surface area contributed by atoms with Gasteiger partial charge in [-0.05, 0) is 0 Å². The summed E-state index contributed by atoms with van der Waals surface area (Å²) in [6.45, 7) is -0.464. The summed E-state index contributed by atoms with van der Waals surface area (Å²) in [5.41, 5.74) is 0.578. The summed E-state index contributed by atoms with van der Waals surface area (Å²) in [6.07, 6.45) is -0.610. The minimum absolute atomic E-state index is 0.247. The Morgan fingerprint density at radius 2 is 1.28 bits per heavy atom. The predicted octanol–water partition coefficient (Wildman–Crippen LogP) is -3.17. The van der Waals surface area contributed by atoms with Crippen LogP contribution in [-0.4, -0.2) is 107 Å². The van der Waals surface area contributed by atoms with E-state index in [1.165, 1.54) is 17.2 Å². The lowest BCUT2D eigenvalue weighted by Gasteiger charge is -2.23. The molecule has 39 heavy (non-hydrogen) atoms. The molecule has 19 heteroatoms. The van der Waals surface area contributed by atoms with Gasteiger partial charge in [0, 0.05) is 7.05 Å². The molecule has 3 atom stereocenters. The molecule has 2 heterocycles. The topological polar surface area (TPSA) is 292 Å². The molecule has 0 spiro atoms. The predicted molar refractivity (Wildman–Crippen MR) is 125 cm³/mol. The SMILES string of the molecule is CNc1ncnc2c1ncn2CC(=O)N[C@@H](CC(=O)O)C(=O)N[C@@H](CC(=O)O)C(=O)N[C@@H](CC(=O)O)C(=O)O. The molecule has 19 nitrogen and oxygen atoms in total. The van der Waals surface area contributed by atoms with Crippen LogP contribution in [0.3, 0.4) is 0 Å². The monoisotopic (exact) mass is 552 g/mol. The summed E-state index contributed by atoms with van der Waals surface area (Å²) in [4.78, 5) is 94.6. The van der Waals surface area contributed by atoms with Gasteiger partial charge in [-0.25, -0.2) is 19.7 Å². The van der Waals surface area contributed by atoms with Crippen molar-refractivity contribution in [3.63, 3.8) is 0 Å². The van der Waals surface area contributed by atoms with Crippen molar-refractivity contribution in [3.8, 4) is 0 Å². The number of carboxylic acids is 4. The third-order valence-electron chi connectivity index (χ3n) is 4.99. The van der Waals surface area contributed by atoms with E-state index in [0.717, 1.165) is 0 Å². The molecule has 0 bridgehead atoms. The van der Waals surface area contributed by atoms with Gasteiger partial charge in [0.05, 0.1) is 25.6 Å². The molecular formula is C20H24N8O11. The molecule has 0 aromatic carbocycles. The molecule has 0 fully saturated rings. The Balaban J connectivity index is 2.18. The molecule has 0 aliphatic heterocycles. The first kappa shape index (κ1) is 29.9. The highest BCUT2D eigenvalue weighted by Crippen LogP contribution is 2.16. The lowest BCUT2D eigenvalue weighted by molar-refractivity contribution is -0.148. The van der Waals surface area contributed by atoms with Gasteiger partial charge >= 0.3 is 23.9 Å². The number of nitrogens with one attached hydrogen (secondary N) is 4. The second-order valence-electron chi connectivity index (χ2n) is 7.89. The summed E-state index contributed by atoms with van der Waals surface area (Å²) in [7, 11) is 1.59. The van der Waals surface area contributed by atoms with E-state index in [1.54, 1.807) is 12.4 Å². The molecule has 2 aromatic heterocycles. The molecule has 0 aliphatic rings. The van der Waals surface area contributed by atoms with Crippen molar-refractivity contribution in [1.82, 2.24) is 35.5 Å². The van der Waals surface area contributed by atoms with Crippen molar-refractivity contribution in [1.29, 1.82) is 0 Å². The van der Waals surface area contributed by atoms with Crippen LogP contribution < -0.4 is 21.3 Å². The highest BCUT2D eigenvalue weighted by atomic mass is 16.4. The van der Waals surface area contributed by atoms with Crippen LogP contribution in [0.25, 0.3) is 11.2 Å².